The Bertz CT molecular complexity index is 1140. The van der Waals surface area contributed by atoms with Crippen LogP contribution in [0.3, 0.4) is 0 Å². The number of rotatable bonds is 8. The SMILES string of the molecule is Cc1cc2nc(C3CC3)c(C=CC(O)CC(O)CC(=O)O)c(-c3ccc(F)cc3)n2n1. The van der Waals surface area contributed by atoms with Crippen LogP contribution >= 0.6 is 0 Å². The van der Waals surface area contributed by atoms with Crippen LogP contribution in [0.2, 0.25) is 0 Å². The highest BCUT2D eigenvalue weighted by Crippen LogP contribution is 2.43. The van der Waals surface area contributed by atoms with E-state index in [1.807, 2.05) is 13.0 Å². The predicted molar refractivity (Wildman–Crippen MR) is 113 cm³/mol. The van der Waals surface area contributed by atoms with Crippen LogP contribution in [0.4, 0.5) is 4.39 Å². The minimum Gasteiger partial charge on any atom is -0.481 e. The molecule has 2 aromatic heterocycles. The monoisotopic (exact) mass is 425 g/mol. The number of hydrogen-bond donors (Lipinski definition) is 3. The van der Waals surface area contributed by atoms with E-state index >= 15 is 0 Å². The highest BCUT2D eigenvalue weighted by Gasteiger charge is 2.30. The number of carbonyl (C=O) groups is 1. The molecular weight excluding hydrogens is 401 g/mol. The molecule has 0 radical (unpaired) electrons. The van der Waals surface area contributed by atoms with Crippen molar-refractivity contribution in [2.45, 2.75) is 50.7 Å². The molecule has 1 aliphatic rings. The lowest BCUT2D eigenvalue weighted by molar-refractivity contribution is -0.139. The highest BCUT2D eigenvalue weighted by atomic mass is 19.1. The Labute approximate surface area is 178 Å². The number of nitrogens with zero attached hydrogens (tertiary/aromatic N) is 3. The fourth-order valence-electron chi connectivity index (χ4n) is 3.72. The van der Waals surface area contributed by atoms with Crippen molar-refractivity contribution in [3.63, 3.8) is 0 Å². The van der Waals surface area contributed by atoms with E-state index in [2.05, 4.69) is 5.10 Å². The molecule has 4 rings (SSSR count). The number of aryl methyl sites for hydroxylation is 1. The van der Waals surface area contributed by atoms with Gasteiger partial charge in [0.1, 0.15) is 5.82 Å². The summed E-state index contributed by atoms with van der Waals surface area (Å²) in [4.78, 5) is 15.6. The molecular formula is C23H24FN3O4. The van der Waals surface area contributed by atoms with Gasteiger partial charge in [0, 0.05) is 29.5 Å². The van der Waals surface area contributed by atoms with Gasteiger partial charge in [-0.05, 0) is 44.0 Å². The van der Waals surface area contributed by atoms with Crippen LogP contribution in [0.1, 0.15) is 48.6 Å². The Morgan fingerprint density at radius 1 is 1.29 bits per heavy atom. The van der Waals surface area contributed by atoms with E-state index in [9.17, 15) is 19.4 Å². The highest BCUT2D eigenvalue weighted by molar-refractivity contribution is 5.76. The van der Waals surface area contributed by atoms with E-state index in [1.165, 1.54) is 18.2 Å². The first-order valence-electron chi connectivity index (χ1n) is 10.2. The Hall–Kier alpha value is -3.10. The third-order valence-electron chi connectivity index (χ3n) is 5.28. The number of aliphatic carboxylic acids is 1. The van der Waals surface area contributed by atoms with Gasteiger partial charge in [-0.15, -0.1) is 0 Å². The molecule has 3 N–H and O–H groups in total. The average molecular weight is 425 g/mol. The van der Waals surface area contributed by atoms with Gasteiger partial charge < -0.3 is 15.3 Å². The molecule has 1 aliphatic carbocycles. The molecule has 2 atom stereocenters. The number of hydrogen-bond acceptors (Lipinski definition) is 5. The molecule has 1 aromatic carbocycles. The molecule has 162 valence electrons. The van der Waals surface area contributed by atoms with Crippen LogP contribution in [-0.4, -0.2) is 48.1 Å². The minimum atomic E-state index is -1.15. The molecule has 2 heterocycles. The third kappa shape index (κ3) is 4.81. The summed E-state index contributed by atoms with van der Waals surface area (Å²) in [5.74, 6) is -1.16. The zero-order chi connectivity index (χ0) is 22.1. The van der Waals surface area contributed by atoms with Crippen LogP contribution < -0.4 is 0 Å². The molecule has 3 aromatic rings. The van der Waals surface area contributed by atoms with E-state index in [0.29, 0.717) is 11.6 Å². The molecule has 2 unspecified atom stereocenters. The second-order valence-electron chi connectivity index (χ2n) is 8.01. The average Bonchev–Trinajstić information content (AvgIpc) is 3.46. The van der Waals surface area contributed by atoms with E-state index in [0.717, 1.165) is 41.1 Å². The van der Waals surface area contributed by atoms with Crippen molar-refractivity contribution in [3.05, 3.63) is 59.2 Å². The van der Waals surface area contributed by atoms with Gasteiger partial charge in [0.05, 0.1) is 35.7 Å². The van der Waals surface area contributed by atoms with Gasteiger partial charge in [0.15, 0.2) is 5.65 Å². The van der Waals surface area contributed by atoms with E-state index in [-0.39, 0.29) is 12.2 Å². The standard InChI is InChI=1S/C23H24FN3O4/c1-13-10-20-25-22(14-2-3-14)19(9-8-17(28)11-18(29)12-21(30)31)23(27(20)26-13)15-4-6-16(24)7-5-15/h4-10,14,17-18,28-29H,2-3,11-12H2,1H3,(H,30,31). The first-order chi connectivity index (χ1) is 14.8. The first-order valence-corrected chi connectivity index (χ1v) is 10.2. The smallest absolute Gasteiger partial charge is 0.305 e. The maximum atomic E-state index is 13.6. The van der Waals surface area contributed by atoms with Gasteiger partial charge >= 0.3 is 5.97 Å². The summed E-state index contributed by atoms with van der Waals surface area (Å²) in [6.45, 7) is 1.88. The molecule has 0 bridgehead atoms. The number of fused-ring (bicyclic) bond motifs is 1. The van der Waals surface area contributed by atoms with Crippen molar-refractivity contribution in [2.75, 3.05) is 0 Å². The van der Waals surface area contributed by atoms with Gasteiger partial charge in [-0.3, -0.25) is 4.79 Å². The van der Waals surface area contributed by atoms with Crippen molar-refractivity contribution < 1.29 is 24.5 Å². The Morgan fingerprint density at radius 2 is 2.00 bits per heavy atom. The van der Waals surface area contributed by atoms with E-state index < -0.39 is 24.6 Å². The summed E-state index contributed by atoms with van der Waals surface area (Å²) in [6, 6.07) is 8.03. The van der Waals surface area contributed by atoms with Gasteiger partial charge in [-0.25, -0.2) is 13.9 Å². The number of aliphatic hydroxyl groups excluding tert-OH is 2. The van der Waals surface area contributed by atoms with Crippen molar-refractivity contribution in [1.82, 2.24) is 14.6 Å². The molecule has 0 saturated heterocycles. The molecule has 0 aliphatic heterocycles. The third-order valence-corrected chi connectivity index (χ3v) is 5.28. The van der Waals surface area contributed by atoms with Gasteiger partial charge in [0.25, 0.3) is 0 Å². The number of benzene rings is 1. The van der Waals surface area contributed by atoms with Crippen LogP contribution in [0.15, 0.2) is 36.4 Å². The Kier molecular flexibility index (Phi) is 5.84. The lowest BCUT2D eigenvalue weighted by Crippen LogP contribution is -2.19. The molecule has 0 amide bonds. The maximum Gasteiger partial charge on any atom is 0.305 e. The van der Waals surface area contributed by atoms with Crippen LogP contribution in [0, 0.1) is 12.7 Å². The second-order valence-corrected chi connectivity index (χ2v) is 8.01. The lowest BCUT2D eigenvalue weighted by Gasteiger charge is -2.15. The normalized spacial score (nSPS) is 16.1. The van der Waals surface area contributed by atoms with Gasteiger partial charge in [-0.1, -0.05) is 12.2 Å². The summed E-state index contributed by atoms with van der Waals surface area (Å²) in [7, 11) is 0. The maximum absolute atomic E-state index is 13.6. The number of aromatic nitrogens is 3. The number of carboxylic acids is 1. The molecule has 8 heteroatoms. The first kappa shape index (κ1) is 21.1. The van der Waals surface area contributed by atoms with Crippen LogP contribution in [-0.2, 0) is 4.79 Å². The minimum absolute atomic E-state index is 0.0933. The number of aliphatic hydroxyl groups is 2. The Morgan fingerprint density at radius 3 is 2.65 bits per heavy atom. The zero-order valence-corrected chi connectivity index (χ0v) is 17.1. The van der Waals surface area contributed by atoms with Crippen molar-refractivity contribution in [2.24, 2.45) is 0 Å². The molecule has 1 fully saturated rings. The number of carboxylic acid groups (broad SMARTS) is 1. The summed E-state index contributed by atoms with van der Waals surface area (Å²) in [5.41, 5.74) is 4.68. The Balaban J connectivity index is 1.79. The van der Waals surface area contributed by atoms with Gasteiger partial charge in [0.2, 0.25) is 0 Å². The molecule has 0 spiro atoms. The number of halogens is 1. The predicted octanol–water partition coefficient (Wildman–Crippen LogP) is 3.32. The zero-order valence-electron chi connectivity index (χ0n) is 17.1. The van der Waals surface area contributed by atoms with Gasteiger partial charge in [-0.2, -0.15) is 5.10 Å². The summed E-state index contributed by atoms with van der Waals surface area (Å²) in [6.07, 6.45) is 2.60. The fraction of sp³-hybridized carbons (Fsp3) is 0.348. The van der Waals surface area contributed by atoms with Crippen molar-refractivity contribution in [3.8, 4) is 11.3 Å². The van der Waals surface area contributed by atoms with E-state index in [1.54, 1.807) is 22.7 Å². The van der Waals surface area contributed by atoms with Crippen LogP contribution in [0.5, 0.6) is 0 Å². The van der Waals surface area contributed by atoms with Crippen molar-refractivity contribution in [1.29, 1.82) is 0 Å². The molecule has 1 saturated carbocycles. The quantitative estimate of drug-likeness (QED) is 0.511. The van der Waals surface area contributed by atoms with E-state index in [4.69, 9.17) is 10.1 Å². The fourth-order valence-corrected chi connectivity index (χ4v) is 3.72. The van der Waals surface area contributed by atoms with Crippen molar-refractivity contribution >= 4 is 17.7 Å². The largest absolute Gasteiger partial charge is 0.481 e. The second kappa shape index (κ2) is 8.56. The molecule has 7 nitrogen and oxygen atoms in total. The van der Waals surface area contributed by atoms with Crippen LogP contribution in [0.25, 0.3) is 23.0 Å². The summed E-state index contributed by atoms with van der Waals surface area (Å²) in [5, 5.41) is 33.5. The summed E-state index contributed by atoms with van der Waals surface area (Å²) >= 11 is 0. The topological polar surface area (TPSA) is 108 Å². The summed E-state index contributed by atoms with van der Waals surface area (Å²) < 4.78 is 15.3. The lowest BCUT2D eigenvalue weighted by atomic mass is 10.00. The molecule has 31 heavy (non-hydrogen) atoms.